The standard InChI is InChI=1S/C47H53BrF2N9O5P/c1-6-29-24-38(54-47-51-26-33(48)45(56-47)53-37-11-10-36-31(8-7-27(2)52-36)44(37)65(4,5)63)40(64-3)25-39(29)58-15-13-30(14-16-58)57-17-19-59(20-18-57)42(61)23-28-21-34(49)43(35(50)22-28)32-9-12-41(60)55-46(32)62/h7-8,10-11,21-22,24-26,30,32H,6,9,12-20,23H2,1-5H3,(H,55,60,62)(H2,51,53,54,56). The summed E-state index contributed by atoms with van der Waals surface area (Å²) in [6, 6.07) is 14.5. The molecule has 3 amide bonds. The summed E-state index contributed by atoms with van der Waals surface area (Å²) in [6.45, 7) is 11.7. The molecule has 3 aromatic carbocycles. The third kappa shape index (κ3) is 10.0. The van der Waals surface area contributed by atoms with E-state index in [1.165, 1.54) is 0 Å². The predicted molar refractivity (Wildman–Crippen MR) is 253 cm³/mol. The van der Waals surface area contributed by atoms with Gasteiger partial charge in [0.1, 0.15) is 30.3 Å². The van der Waals surface area contributed by atoms with E-state index in [-0.39, 0.29) is 36.3 Å². The number of halogens is 3. The molecule has 0 bridgehead atoms. The van der Waals surface area contributed by atoms with Crippen LogP contribution in [-0.2, 0) is 31.8 Å². The SMILES string of the molecule is CCc1cc(Nc2ncc(Br)c(Nc3ccc4nc(C)ccc4c3P(C)(C)=O)n2)c(OC)cc1N1CCC(N2CCN(C(=O)Cc3cc(F)c(C4CCC(=O)NC4=O)c(F)c3)CC2)CC1. The highest BCUT2D eigenvalue weighted by molar-refractivity contribution is 9.10. The molecule has 0 saturated carbocycles. The highest BCUT2D eigenvalue weighted by Crippen LogP contribution is 2.42. The first-order chi connectivity index (χ1) is 31.1. The van der Waals surface area contributed by atoms with Crippen LogP contribution < -0.4 is 30.9 Å². The molecule has 0 radical (unpaired) electrons. The Balaban J connectivity index is 0.882. The molecule has 5 heterocycles. The van der Waals surface area contributed by atoms with Crippen LogP contribution in [0.15, 0.2) is 59.2 Å². The van der Waals surface area contributed by atoms with Crippen molar-refractivity contribution in [3.63, 3.8) is 0 Å². The predicted octanol–water partition coefficient (Wildman–Crippen LogP) is 7.56. The van der Waals surface area contributed by atoms with E-state index in [0.717, 1.165) is 78.0 Å². The number of carbonyl (C=O) groups excluding carboxylic acids is 3. The number of carbonyl (C=O) groups is 3. The van der Waals surface area contributed by atoms with Crippen molar-refractivity contribution < 1.29 is 32.5 Å². The van der Waals surface area contributed by atoms with Crippen LogP contribution >= 0.6 is 23.1 Å². The molecule has 8 rings (SSSR count). The molecular weight excluding hydrogens is 919 g/mol. The normalized spacial score (nSPS) is 17.6. The van der Waals surface area contributed by atoms with Crippen molar-refractivity contribution >= 4 is 85.8 Å². The number of methoxy groups -OCH3 is 1. The minimum atomic E-state index is -2.75. The number of rotatable bonds is 12. The molecule has 342 valence electrons. The molecule has 2 aromatic heterocycles. The number of hydrogen-bond acceptors (Lipinski definition) is 12. The molecular formula is C47H53BrF2N9O5P. The summed E-state index contributed by atoms with van der Waals surface area (Å²) < 4.78 is 50.4. The lowest BCUT2D eigenvalue weighted by Gasteiger charge is -2.43. The van der Waals surface area contributed by atoms with Crippen LogP contribution in [0, 0.1) is 18.6 Å². The van der Waals surface area contributed by atoms with Crippen LogP contribution in [0.2, 0.25) is 0 Å². The van der Waals surface area contributed by atoms with Gasteiger partial charge in [0.05, 0.1) is 40.8 Å². The van der Waals surface area contributed by atoms with Crippen molar-refractivity contribution in [2.24, 2.45) is 0 Å². The van der Waals surface area contributed by atoms with Crippen LogP contribution in [0.5, 0.6) is 5.75 Å². The van der Waals surface area contributed by atoms with Gasteiger partial charge < -0.3 is 29.7 Å². The maximum absolute atomic E-state index is 15.1. The number of imide groups is 1. The van der Waals surface area contributed by atoms with Gasteiger partial charge in [0.25, 0.3) is 0 Å². The van der Waals surface area contributed by atoms with Crippen LogP contribution in [-0.4, -0.2) is 108 Å². The molecule has 14 nitrogen and oxygen atoms in total. The zero-order valence-electron chi connectivity index (χ0n) is 37.1. The van der Waals surface area contributed by atoms with Gasteiger partial charge >= 0.3 is 0 Å². The Morgan fingerprint density at radius 1 is 0.938 bits per heavy atom. The Labute approximate surface area is 385 Å². The van der Waals surface area contributed by atoms with Crippen molar-refractivity contribution in [2.75, 3.05) is 75.2 Å². The second kappa shape index (κ2) is 19.1. The van der Waals surface area contributed by atoms with E-state index >= 15 is 8.78 Å². The van der Waals surface area contributed by atoms with E-state index in [9.17, 15) is 18.9 Å². The summed E-state index contributed by atoms with van der Waals surface area (Å²) in [5.41, 5.74) is 5.16. The van der Waals surface area contributed by atoms with E-state index in [4.69, 9.17) is 9.72 Å². The van der Waals surface area contributed by atoms with Gasteiger partial charge in [-0.3, -0.25) is 29.6 Å². The summed E-state index contributed by atoms with van der Waals surface area (Å²) in [7, 11) is -1.11. The van der Waals surface area contributed by atoms with Crippen molar-refractivity contribution in [3.8, 4) is 5.75 Å². The summed E-state index contributed by atoms with van der Waals surface area (Å²) in [5, 5.41) is 10.5. The van der Waals surface area contributed by atoms with E-state index in [1.807, 2.05) is 31.2 Å². The minimum absolute atomic E-state index is 0.00736. The second-order valence-corrected chi connectivity index (χ2v) is 21.3. The Morgan fingerprint density at radius 2 is 1.66 bits per heavy atom. The van der Waals surface area contributed by atoms with Crippen LogP contribution in [0.1, 0.15) is 60.9 Å². The lowest BCUT2D eigenvalue weighted by Crippen LogP contribution is -2.54. The van der Waals surface area contributed by atoms with Crippen molar-refractivity contribution in [2.45, 2.75) is 64.3 Å². The first-order valence-corrected chi connectivity index (χ1v) is 25.3. The molecule has 1 atom stereocenters. The molecule has 0 spiro atoms. The van der Waals surface area contributed by atoms with Gasteiger partial charge in [-0.2, -0.15) is 4.98 Å². The Bertz CT molecular complexity index is 2700. The first kappa shape index (κ1) is 46.0. The lowest BCUT2D eigenvalue weighted by molar-refractivity contribution is -0.135. The Kier molecular flexibility index (Phi) is 13.6. The maximum atomic E-state index is 15.1. The number of pyridine rings is 1. The van der Waals surface area contributed by atoms with Gasteiger partial charge in [-0.05, 0) is 109 Å². The number of aryl methyl sites for hydroxylation is 2. The van der Waals surface area contributed by atoms with Crippen LogP contribution in [0.3, 0.4) is 0 Å². The number of nitrogens with zero attached hydrogens (tertiary/aromatic N) is 6. The average Bonchev–Trinajstić information content (AvgIpc) is 3.27. The quantitative estimate of drug-likeness (QED) is 0.0833. The second-order valence-electron chi connectivity index (χ2n) is 17.3. The zero-order chi connectivity index (χ0) is 46.2. The van der Waals surface area contributed by atoms with E-state index in [0.29, 0.717) is 65.2 Å². The van der Waals surface area contributed by atoms with E-state index < -0.39 is 36.5 Å². The topological polar surface area (TPSA) is 162 Å². The molecule has 0 aliphatic carbocycles. The van der Waals surface area contributed by atoms with Gasteiger partial charge in [0.2, 0.25) is 23.7 Å². The molecule has 1 unspecified atom stereocenters. The number of benzene rings is 3. The minimum Gasteiger partial charge on any atom is -0.494 e. The highest BCUT2D eigenvalue weighted by atomic mass is 79.9. The smallest absolute Gasteiger partial charge is 0.234 e. The third-order valence-corrected chi connectivity index (χ3v) is 14.8. The van der Waals surface area contributed by atoms with E-state index in [2.05, 4.69) is 70.7 Å². The fraction of sp³-hybridized carbons (Fsp3) is 0.404. The number of anilines is 5. The van der Waals surface area contributed by atoms with Crippen molar-refractivity contribution in [3.05, 3.63) is 93.2 Å². The first-order valence-electron chi connectivity index (χ1n) is 21.9. The fourth-order valence-corrected chi connectivity index (χ4v) is 11.1. The lowest BCUT2D eigenvalue weighted by atomic mass is 9.89. The molecule has 18 heteroatoms. The number of nitrogens with one attached hydrogen (secondary N) is 3. The molecule has 5 aromatic rings. The summed E-state index contributed by atoms with van der Waals surface area (Å²) in [6.07, 6.45) is 4.23. The number of ether oxygens (including phenoxy) is 1. The Hall–Kier alpha value is -5.51. The van der Waals surface area contributed by atoms with Gasteiger partial charge in [0.15, 0.2) is 0 Å². The van der Waals surface area contributed by atoms with Gasteiger partial charge in [0, 0.05) is 91.6 Å². The van der Waals surface area contributed by atoms with Gasteiger partial charge in [-0.15, -0.1) is 0 Å². The number of amides is 3. The number of hydrogen-bond donors (Lipinski definition) is 3. The summed E-state index contributed by atoms with van der Waals surface area (Å²) in [5.74, 6) is -2.74. The number of aromatic nitrogens is 3. The van der Waals surface area contributed by atoms with E-state index in [1.54, 1.807) is 31.5 Å². The summed E-state index contributed by atoms with van der Waals surface area (Å²) >= 11 is 3.60. The summed E-state index contributed by atoms with van der Waals surface area (Å²) in [4.78, 5) is 57.7. The average molecular weight is 973 g/mol. The molecule has 3 fully saturated rings. The zero-order valence-corrected chi connectivity index (χ0v) is 39.6. The van der Waals surface area contributed by atoms with Gasteiger partial charge in [-0.25, -0.2) is 13.8 Å². The van der Waals surface area contributed by atoms with Crippen molar-refractivity contribution in [1.82, 2.24) is 30.1 Å². The highest BCUT2D eigenvalue weighted by Gasteiger charge is 2.34. The number of fused-ring (bicyclic) bond motifs is 1. The van der Waals surface area contributed by atoms with Crippen LogP contribution in [0.4, 0.5) is 37.6 Å². The molecule has 65 heavy (non-hydrogen) atoms. The molecule has 3 aliphatic rings. The molecule has 3 N–H and O–H groups in total. The molecule has 3 saturated heterocycles. The number of piperidine rings is 2. The molecule has 3 aliphatic heterocycles. The maximum Gasteiger partial charge on any atom is 0.234 e. The largest absolute Gasteiger partial charge is 0.494 e. The fourth-order valence-electron chi connectivity index (χ4n) is 9.33. The van der Waals surface area contributed by atoms with Crippen molar-refractivity contribution in [1.29, 1.82) is 0 Å². The number of piperazine rings is 1. The monoisotopic (exact) mass is 971 g/mol. The van der Waals surface area contributed by atoms with Crippen LogP contribution in [0.25, 0.3) is 10.9 Å². The van der Waals surface area contributed by atoms with Gasteiger partial charge in [-0.1, -0.05) is 13.0 Å². The Morgan fingerprint density at radius 3 is 2.32 bits per heavy atom. The third-order valence-electron chi connectivity index (χ3n) is 12.6.